The lowest BCUT2D eigenvalue weighted by atomic mass is 10.2. The Bertz CT molecular complexity index is 813. The number of carbonyl (C=O) groups is 2. The molecule has 1 aliphatic rings. The van der Waals surface area contributed by atoms with Crippen LogP contribution in [0.4, 0.5) is 11.4 Å². The molecule has 29 heavy (non-hydrogen) atoms. The molecule has 7 heteroatoms. The number of nitrogens with one attached hydrogen (secondary N) is 2. The second-order valence-electron chi connectivity index (χ2n) is 6.96. The molecule has 2 aromatic carbocycles. The number of anilines is 2. The van der Waals surface area contributed by atoms with Crippen LogP contribution < -0.4 is 19.9 Å². The van der Waals surface area contributed by atoms with Crippen LogP contribution in [-0.2, 0) is 9.53 Å². The molecule has 0 atom stereocenters. The minimum Gasteiger partial charge on any atom is -0.497 e. The number of nitrogens with zero attached hydrogens (tertiary/aromatic N) is 1. The van der Waals surface area contributed by atoms with E-state index in [-0.39, 0.29) is 11.9 Å². The number of methoxy groups -OCH3 is 1. The van der Waals surface area contributed by atoms with Crippen molar-refractivity contribution < 1.29 is 24.0 Å². The zero-order chi connectivity index (χ0) is 20.6. The molecule has 0 aliphatic carbocycles. The minimum absolute atomic E-state index is 0.0261. The number of hydrogen-bond donors (Lipinski definition) is 2. The number of quaternary nitrogens is 1. The highest BCUT2D eigenvalue weighted by Crippen LogP contribution is 2.19. The van der Waals surface area contributed by atoms with Crippen LogP contribution in [0.5, 0.6) is 5.75 Å². The first-order valence-electron chi connectivity index (χ1n) is 9.88. The van der Waals surface area contributed by atoms with E-state index in [9.17, 15) is 9.59 Å². The first-order chi connectivity index (χ1) is 14.1. The van der Waals surface area contributed by atoms with E-state index in [0.717, 1.165) is 31.9 Å². The Balaban J connectivity index is 1.45. The average molecular weight is 398 g/mol. The molecule has 0 unspecified atom stereocenters. The molecule has 3 rings (SSSR count). The van der Waals surface area contributed by atoms with Crippen LogP contribution in [0.1, 0.15) is 17.3 Å². The van der Waals surface area contributed by atoms with Crippen molar-refractivity contribution in [1.82, 2.24) is 0 Å². The van der Waals surface area contributed by atoms with E-state index >= 15 is 0 Å². The molecule has 7 nitrogen and oxygen atoms in total. The van der Waals surface area contributed by atoms with Crippen LogP contribution in [0.15, 0.2) is 48.5 Å². The number of carbonyl (C=O) groups excluding carboxylic acids is 2. The zero-order valence-electron chi connectivity index (χ0n) is 16.9. The van der Waals surface area contributed by atoms with Gasteiger partial charge in [-0.2, -0.15) is 0 Å². The van der Waals surface area contributed by atoms with Gasteiger partial charge in [-0.15, -0.1) is 0 Å². The van der Waals surface area contributed by atoms with Crippen molar-refractivity contribution in [3.05, 3.63) is 54.1 Å². The highest BCUT2D eigenvalue weighted by Gasteiger charge is 2.22. The normalized spacial score (nSPS) is 14.3. The lowest BCUT2D eigenvalue weighted by molar-refractivity contribution is -0.892. The van der Waals surface area contributed by atoms with E-state index in [0.29, 0.717) is 24.4 Å². The van der Waals surface area contributed by atoms with Gasteiger partial charge in [0.25, 0.3) is 5.91 Å². The first-order valence-corrected chi connectivity index (χ1v) is 9.88. The molecule has 154 valence electrons. The number of ether oxygens (including phenoxy) is 2. The third kappa shape index (κ3) is 5.71. The fourth-order valence-electron chi connectivity index (χ4n) is 3.39. The van der Waals surface area contributed by atoms with Gasteiger partial charge in [-0.05, 0) is 55.5 Å². The predicted molar refractivity (Wildman–Crippen MR) is 112 cm³/mol. The number of rotatable bonds is 7. The number of amides is 1. The summed E-state index contributed by atoms with van der Waals surface area (Å²) in [4.78, 5) is 27.6. The maximum Gasteiger partial charge on any atom is 0.338 e. The van der Waals surface area contributed by atoms with Crippen LogP contribution in [-0.4, -0.2) is 58.3 Å². The van der Waals surface area contributed by atoms with Crippen molar-refractivity contribution in [2.45, 2.75) is 6.92 Å². The maximum absolute atomic E-state index is 12.4. The topological polar surface area (TPSA) is 72.3 Å². The van der Waals surface area contributed by atoms with Crippen molar-refractivity contribution in [1.29, 1.82) is 0 Å². The third-order valence-corrected chi connectivity index (χ3v) is 5.00. The van der Waals surface area contributed by atoms with Crippen LogP contribution in [0.3, 0.4) is 0 Å². The second-order valence-corrected chi connectivity index (χ2v) is 6.96. The van der Waals surface area contributed by atoms with Crippen molar-refractivity contribution in [2.75, 3.05) is 56.7 Å². The molecule has 0 aromatic heterocycles. The van der Waals surface area contributed by atoms with Gasteiger partial charge in [-0.3, -0.25) is 4.79 Å². The number of hydrogen-bond acceptors (Lipinski definition) is 5. The quantitative estimate of drug-likeness (QED) is 0.686. The average Bonchev–Trinajstić information content (AvgIpc) is 2.75. The van der Waals surface area contributed by atoms with Crippen LogP contribution in [0.25, 0.3) is 0 Å². The fourth-order valence-corrected chi connectivity index (χ4v) is 3.39. The van der Waals surface area contributed by atoms with Crippen LogP contribution in [0.2, 0.25) is 0 Å². The lowest BCUT2D eigenvalue weighted by Gasteiger charge is -2.33. The molecule has 1 aliphatic heterocycles. The monoisotopic (exact) mass is 398 g/mol. The highest BCUT2D eigenvalue weighted by molar-refractivity contribution is 5.93. The smallest absolute Gasteiger partial charge is 0.338 e. The second kappa shape index (κ2) is 9.93. The van der Waals surface area contributed by atoms with Gasteiger partial charge in [0.2, 0.25) is 0 Å². The Morgan fingerprint density at radius 3 is 2.28 bits per heavy atom. The summed E-state index contributed by atoms with van der Waals surface area (Å²) in [5.41, 5.74) is 2.33. The predicted octanol–water partition coefficient (Wildman–Crippen LogP) is 1.22. The molecule has 0 bridgehead atoms. The lowest BCUT2D eigenvalue weighted by Crippen LogP contribution is -3.15. The van der Waals surface area contributed by atoms with Gasteiger partial charge in [0.1, 0.15) is 5.75 Å². The summed E-state index contributed by atoms with van der Waals surface area (Å²) in [6.07, 6.45) is 0. The van der Waals surface area contributed by atoms with E-state index in [1.807, 2.05) is 12.1 Å². The van der Waals surface area contributed by atoms with E-state index in [1.165, 1.54) is 10.6 Å². The van der Waals surface area contributed by atoms with Crippen molar-refractivity contribution in [3.63, 3.8) is 0 Å². The molecule has 0 spiro atoms. The van der Waals surface area contributed by atoms with E-state index in [2.05, 4.69) is 22.3 Å². The largest absolute Gasteiger partial charge is 0.497 e. The van der Waals surface area contributed by atoms with Crippen molar-refractivity contribution in [3.8, 4) is 5.75 Å². The van der Waals surface area contributed by atoms with E-state index in [1.54, 1.807) is 38.3 Å². The third-order valence-electron chi connectivity index (χ3n) is 5.00. The van der Waals surface area contributed by atoms with Crippen molar-refractivity contribution >= 4 is 23.3 Å². The molecule has 1 heterocycles. The molecule has 0 radical (unpaired) electrons. The zero-order valence-corrected chi connectivity index (χ0v) is 16.9. The van der Waals surface area contributed by atoms with Gasteiger partial charge < -0.3 is 24.6 Å². The van der Waals surface area contributed by atoms with Gasteiger partial charge in [-0.1, -0.05) is 0 Å². The maximum atomic E-state index is 12.4. The molecule has 0 saturated carbocycles. The highest BCUT2D eigenvalue weighted by atomic mass is 16.5. The molecule has 2 N–H and O–H groups in total. The van der Waals surface area contributed by atoms with Gasteiger partial charge in [-0.25, -0.2) is 4.79 Å². The molecule has 1 saturated heterocycles. The Hall–Kier alpha value is -3.06. The van der Waals surface area contributed by atoms with Crippen molar-refractivity contribution in [2.24, 2.45) is 0 Å². The number of piperazine rings is 1. The standard InChI is InChI=1S/C22H27N3O4/c1-3-29-22(27)17-4-6-18(7-5-17)23-21(26)16-24-12-14-25(15-13-24)19-8-10-20(28-2)11-9-19/h4-11H,3,12-16H2,1-2H3,(H,23,26)/p+1. The minimum atomic E-state index is -0.357. The summed E-state index contributed by atoms with van der Waals surface area (Å²) in [5.74, 6) is 0.469. The molecular weight excluding hydrogens is 370 g/mol. The number of esters is 1. The Morgan fingerprint density at radius 1 is 1.03 bits per heavy atom. The fraction of sp³-hybridized carbons (Fsp3) is 0.364. The van der Waals surface area contributed by atoms with Gasteiger partial charge in [0.05, 0.1) is 45.5 Å². The number of benzene rings is 2. The Morgan fingerprint density at radius 2 is 1.69 bits per heavy atom. The van der Waals surface area contributed by atoms with E-state index in [4.69, 9.17) is 9.47 Å². The summed E-state index contributed by atoms with van der Waals surface area (Å²) in [6.45, 7) is 6.16. The molecule has 2 aromatic rings. The van der Waals surface area contributed by atoms with Crippen LogP contribution in [0, 0.1) is 0 Å². The molecule has 1 fully saturated rings. The molecular formula is C22H28N3O4+. The summed E-state index contributed by atoms with van der Waals surface area (Å²) in [5, 5.41) is 2.90. The summed E-state index contributed by atoms with van der Waals surface area (Å²) in [7, 11) is 1.66. The van der Waals surface area contributed by atoms with Gasteiger partial charge >= 0.3 is 5.97 Å². The Kier molecular flexibility index (Phi) is 7.08. The SMILES string of the molecule is CCOC(=O)c1ccc(NC(=O)C[NH+]2CCN(c3ccc(OC)cc3)CC2)cc1. The Labute approximate surface area is 171 Å². The first kappa shape index (κ1) is 20.7. The molecule has 1 amide bonds. The summed E-state index contributed by atoms with van der Waals surface area (Å²) < 4.78 is 10.2. The van der Waals surface area contributed by atoms with Gasteiger partial charge in [0, 0.05) is 11.4 Å². The van der Waals surface area contributed by atoms with Gasteiger partial charge in [0.15, 0.2) is 6.54 Å². The van der Waals surface area contributed by atoms with Crippen LogP contribution >= 0.6 is 0 Å². The summed E-state index contributed by atoms with van der Waals surface area (Å²) >= 11 is 0. The summed E-state index contributed by atoms with van der Waals surface area (Å²) in [6, 6.07) is 14.8. The van der Waals surface area contributed by atoms with E-state index < -0.39 is 0 Å².